The molecule has 3 N–H and O–H groups in total. The fraction of sp³-hybridized carbons (Fsp3) is 0.217. The lowest BCUT2D eigenvalue weighted by molar-refractivity contribution is -0.153. The number of benzene rings is 2. The molecular formula is C23H21F4N3O3. The van der Waals surface area contributed by atoms with Gasteiger partial charge in [-0.15, -0.1) is 0 Å². The molecule has 0 radical (unpaired) electrons. The Balaban J connectivity index is 0.000000235. The molecule has 0 spiro atoms. The molecule has 1 aromatic heterocycles. The Morgan fingerprint density at radius 3 is 2.55 bits per heavy atom. The molecule has 2 heterocycles. The van der Waals surface area contributed by atoms with Gasteiger partial charge < -0.3 is 20.5 Å². The molecule has 0 atom stereocenters. The van der Waals surface area contributed by atoms with E-state index in [0.29, 0.717) is 16.8 Å². The van der Waals surface area contributed by atoms with E-state index in [1.807, 2.05) is 12.1 Å². The predicted octanol–water partition coefficient (Wildman–Crippen LogP) is 4.86. The van der Waals surface area contributed by atoms with Crippen LogP contribution in [0.15, 0.2) is 54.9 Å². The van der Waals surface area contributed by atoms with Crippen molar-refractivity contribution in [2.24, 2.45) is 0 Å². The highest BCUT2D eigenvalue weighted by Gasteiger charge is 2.28. The number of nitrogens with one attached hydrogen (secondary N) is 2. The number of hydrogen-bond acceptors (Lipinski definition) is 5. The quantitative estimate of drug-likeness (QED) is 0.469. The zero-order chi connectivity index (χ0) is 24.0. The van der Waals surface area contributed by atoms with Crippen molar-refractivity contribution >= 4 is 11.7 Å². The Morgan fingerprint density at radius 1 is 1.15 bits per heavy atom. The van der Waals surface area contributed by atoms with Crippen molar-refractivity contribution in [3.63, 3.8) is 0 Å². The number of halogens is 4. The van der Waals surface area contributed by atoms with Crippen molar-refractivity contribution in [2.45, 2.75) is 19.3 Å². The first kappa shape index (κ1) is 24.0. The normalized spacial score (nSPS) is 12.4. The number of anilines is 1. The molecule has 0 saturated heterocycles. The van der Waals surface area contributed by atoms with Gasteiger partial charge in [0, 0.05) is 38.0 Å². The average Bonchev–Trinajstić information content (AvgIpc) is 3.25. The van der Waals surface area contributed by atoms with Crippen LogP contribution in [0.5, 0.6) is 5.75 Å². The first-order valence-corrected chi connectivity index (χ1v) is 9.85. The standard InChI is InChI=1S/C16H13F4NO.C7H8N2O2/c17-15-6-13(22-9-16(18,19)20)3-4-14(15)10-1-2-11-7-21-8-12(11)5-10;1-8-6-4-9-3-2-5(6)7(10)11/h1-6,21H,7-9H2;2-4,8H,1H3,(H,10,11). The van der Waals surface area contributed by atoms with Gasteiger partial charge >= 0.3 is 12.1 Å². The zero-order valence-corrected chi connectivity index (χ0v) is 17.5. The van der Waals surface area contributed by atoms with E-state index in [2.05, 4.69) is 20.4 Å². The number of aromatic nitrogens is 1. The van der Waals surface area contributed by atoms with Crippen LogP contribution >= 0.6 is 0 Å². The highest BCUT2D eigenvalue weighted by molar-refractivity contribution is 5.93. The topological polar surface area (TPSA) is 83.5 Å². The molecule has 0 fully saturated rings. The van der Waals surface area contributed by atoms with E-state index < -0.39 is 24.6 Å². The second-order valence-corrected chi connectivity index (χ2v) is 7.11. The van der Waals surface area contributed by atoms with Crippen molar-refractivity contribution in [3.8, 4) is 16.9 Å². The number of fused-ring (bicyclic) bond motifs is 1. The summed E-state index contributed by atoms with van der Waals surface area (Å²) in [7, 11) is 1.66. The molecule has 33 heavy (non-hydrogen) atoms. The Kier molecular flexibility index (Phi) is 7.49. The number of rotatable bonds is 5. The minimum absolute atomic E-state index is 0.138. The minimum Gasteiger partial charge on any atom is -0.484 e. The van der Waals surface area contributed by atoms with E-state index in [4.69, 9.17) is 5.11 Å². The van der Waals surface area contributed by atoms with Crippen LogP contribution in [0.25, 0.3) is 11.1 Å². The van der Waals surface area contributed by atoms with Gasteiger partial charge in [0.25, 0.3) is 0 Å². The number of ether oxygens (including phenoxy) is 1. The lowest BCUT2D eigenvalue weighted by Gasteiger charge is -2.11. The van der Waals surface area contributed by atoms with E-state index in [-0.39, 0.29) is 11.3 Å². The molecule has 1 aliphatic rings. The van der Waals surface area contributed by atoms with E-state index in [0.717, 1.165) is 24.7 Å². The number of hydrogen-bond donors (Lipinski definition) is 3. The van der Waals surface area contributed by atoms with Crippen LogP contribution < -0.4 is 15.4 Å². The fourth-order valence-corrected chi connectivity index (χ4v) is 3.23. The van der Waals surface area contributed by atoms with E-state index in [1.54, 1.807) is 13.1 Å². The molecule has 6 nitrogen and oxygen atoms in total. The smallest absolute Gasteiger partial charge is 0.422 e. The Morgan fingerprint density at radius 2 is 1.91 bits per heavy atom. The number of pyridine rings is 1. The molecule has 4 rings (SSSR count). The summed E-state index contributed by atoms with van der Waals surface area (Å²) in [4.78, 5) is 14.3. The fourth-order valence-electron chi connectivity index (χ4n) is 3.23. The van der Waals surface area contributed by atoms with Crippen molar-refractivity contribution < 1.29 is 32.2 Å². The molecule has 0 unspecified atom stereocenters. The number of nitrogens with zero attached hydrogens (tertiary/aromatic N) is 1. The van der Waals surface area contributed by atoms with E-state index in [1.165, 1.54) is 36.2 Å². The number of alkyl halides is 3. The molecule has 10 heteroatoms. The molecule has 1 aliphatic heterocycles. The maximum absolute atomic E-state index is 14.1. The molecule has 0 bridgehead atoms. The Bertz CT molecular complexity index is 1140. The van der Waals surface area contributed by atoms with Gasteiger partial charge in [-0.3, -0.25) is 4.98 Å². The molecule has 0 aliphatic carbocycles. The van der Waals surface area contributed by atoms with E-state index in [9.17, 15) is 22.4 Å². The van der Waals surface area contributed by atoms with Gasteiger partial charge in [-0.1, -0.05) is 12.1 Å². The van der Waals surface area contributed by atoms with Gasteiger partial charge in [-0.05, 0) is 41.0 Å². The monoisotopic (exact) mass is 463 g/mol. The maximum atomic E-state index is 14.1. The first-order valence-electron chi connectivity index (χ1n) is 9.85. The zero-order valence-electron chi connectivity index (χ0n) is 17.5. The summed E-state index contributed by atoms with van der Waals surface area (Å²) in [5.41, 5.74) is 4.09. The number of carboxylic acid groups (broad SMARTS) is 1. The third kappa shape index (κ3) is 6.42. The summed E-state index contributed by atoms with van der Waals surface area (Å²) in [6.45, 7) is 0.0934. The summed E-state index contributed by atoms with van der Waals surface area (Å²) in [6.07, 6.45) is -1.52. The maximum Gasteiger partial charge on any atom is 0.422 e. The summed E-state index contributed by atoms with van der Waals surface area (Å²) in [5.74, 6) is -1.69. The molecule has 174 valence electrons. The molecule has 3 aromatic rings. The van der Waals surface area contributed by atoms with Crippen molar-refractivity contribution in [1.82, 2.24) is 10.3 Å². The van der Waals surface area contributed by atoms with Crippen LogP contribution in [0.2, 0.25) is 0 Å². The highest BCUT2D eigenvalue weighted by Crippen LogP contribution is 2.30. The average molecular weight is 463 g/mol. The molecule has 2 aromatic carbocycles. The van der Waals surface area contributed by atoms with Crippen LogP contribution in [0.3, 0.4) is 0 Å². The number of aromatic carboxylic acids is 1. The van der Waals surface area contributed by atoms with Gasteiger partial charge in [0.05, 0.1) is 17.4 Å². The van der Waals surface area contributed by atoms with Crippen molar-refractivity contribution in [1.29, 1.82) is 0 Å². The third-order valence-corrected chi connectivity index (χ3v) is 4.81. The molecular weight excluding hydrogens is 442 g/mol. The summed E-state index contributed by atoms with van der Waals surface area (Å²) < 4.78 is 54.9. The summed E-state index contributed by atoms with van der Waals surface area (Å²) >= 11 is 0. The second kappa shape index (κ2) is 10.3. The van der Waals surface area contributed by atoms with Crippen LogP contribution in [0.1, 0.15) is 21.5 Å². The first-order chi connectivity index (χ1) is 15.7. The highest BCUT2D eigenvalue weighted by atomic mass is 19.4. The lowest BCUT2D eigenvalue weighted by Crippen LogP contribution is -2.19. The second-order valence-electron chi connectivity index (χ2n) is 7.11. The van der Waals surface area contributed by atoms with Crippen molar-refractivity contribution in [2.75, 3.05) is 19.0 Å². The molecule has 0 saturated carbocycles. The van der Waals surface area contributed by atoms with Gasteiger partial charge in [-0.25, -0.2) is 9.18 Å². The van der Waals surface area contributed by atoms with Crippen molar-refractivity contribution in [3.05, 3.63) is 77.4 Å². The third-order valence-electron chi connectivity index (χ3n) is 4.81. The molecule has 0 amide bonds. The van der Waals surface area contributed by atoms with Crippen LogP contribution in [0.4, 0.5) is 23.2 Å². The number of carboxylic acids is 1. The number of carbonyl (C=O) groups is 1. The lowest BCUT2D eigenvalue weighted by atomic mass is 10.00. The van der Waals surface area contributed by atoms with Gasteiger partial charge in [0.15, 0.2) is 6.61 Å². The van der Waals surface area contributed by atoms with Crippen LogP contribution in [0, 0.1) is 5.82 Å². The Hall–Kier alpha value is -3.66. The van der Waals surface area contributed by atoms with Crippen LogP contribution in [-0.4, -0.2) is 35.9 Å². The van der Waals surface area contributed by atoms with E-state index >= 15 is 0 Å². The predicted molar refractivity (Wildman–Crippen MR) is 115 cm³/mol. The largest absolute Gasteiger partial charge is 0.484 e. The summed E-state index contributed by atoms with van der Waals surface area (Å²) in [5, 5.41) is 14.6. The summed E-state index contributed by atoms with van der Waals surface area (Å²) in [6, 6.07) is 10.8. The Labute approximate surface area is 187 Å². The minimum atomic E-state index is -4.44. The van der Waals surface area contributed by atoms with Crippen LogP contribution in [-0.2, 0) is 13.1 Å². The SMILES string of the molecule is CNc1cnccc1C(=O)O.Fc1cc(OCC(F)(F)F)ccc1-c1ccc2c(c1)CNC2. The van der Waals surface area contributed by atoms with Gasteiger partial charge in [-0.2, -0.15) is 13.2 Å². The van der Waals surface area contributed by atoms with Gasteiger partial charge in [0.2, 0.25) is 0 Å². The van der Waals surface area contributed by atoms with Gasteiger partial charge in [0.1, 0.15) is 11.6 Å².